The van der Waals surface area contributed by atoms with Crippen LogP contribution in [0.25, 0.3) is 10.9 Å². The molecule has 0 unspecified atom stereocenters. The summed E-state index contributed by atoms with van der Waals surface area (Å²) >= 11 is 0. The van der Waals surface area contributed by atoms with E-state index in [1.807, 2.05) is 13.8 Å². The van der Waals surface area contributed by atoms with Crippen LogP contribution in [-0.2, 0) is 6.42 Å². The van der Waals surface area contributed by atoms with Gasteiger partial charge < -0.3 is 0 Å². The fourth-order valence-corrected chi connectivity index (χ4v) is 2.96. The lowest BCUT2D eigenvalue weighted by molar-refractivity contribution is 0.538. The van der Waals surface area contributed by atoms with Crippen LogP contribution in [0.3, 0.4) is 0 Å². The average molecular weight is 309 g/mol. The fraction of sp³-hybridized carbons (Fsp3) is 0.444. The standard InChI is InChI=1S/C18H23N5/c1-6-13-7-8-15-14(9-13)12(3)20-16(21-15)22-17-19-11(2)10-18(4,5)23-17/h7-9H,6,10H2,1-5H3,(H,20,21,22,23). The molecule has 1 aliphatic heterocycles. The summed E-state index contributed by atoms with van der Waals surface area (Å²) in [5.41, 5.74) is 4.12. The van der Waals surface area contributed by atoms with Crippen molar-refractivity contribution in [2.75, 3.05) is 5.32 Å². The van der Waals surface area contributed by atoms with Gasteiger partial charge in [-0.25, -0.2) is 20.0 Å². The highest BCUT2D eigenvalue weighted by Crippen LogP contribution is 2.22. The Morgan fingerprint density at radius 3 is 2.65 bits per heavy atom. The molecule has 120 valence electrons. The Morgan fingerprint density at radius 1 is 1.17 bits per heavy atom. The lowest BCUT2D eigenvalue weighted by Crippen LogP contribution is -2.30. The molecule has 2 heterocycles. The van der Waals surface area contributed by atoms with E-state index in [-0.39, 0.29) is 5.54 Å². The van der Waals surface area contributed by atoms with Crippen molar-refractivity contribution in [1.82, 2.24) is 9.97 Å². The van der Waals surface area contributed by atoms with Gasteiger partial charge in [0, 0.05) is 17.5 Å². The predicted molar refractivity (Wildman–Crippen MR) is 96.5 cm³/mol. The largest absolute Gasteiger partial charge is 0.293 e. The SMILES string of the molecule is CCc1ccc2nc(NC3=NC(C)(C)CC(C)=N3)nc(C)c2c1. The Morgan fingerprint density at radius 2 is 1.96 bits per heavy atom. The van der Waals surface area contributed by atoms with Crippen molar-refractivity contribution in [3.63, 3.8) is 0 Å². The highest BCUT2D eigenvalue weighted by atomic mass is 15.2. The first-order valence-electron chi connectivity index (χ1n) is 8.04. The molecule has 1 aromatic carbocycles. The number of nitrogens with zero attached hydrogens (tertiary/aromatic N) is 4. The summed E-state index contributed by atoms with van der Waals surface area (Å²) < 4.78 is 0. The molecule has 5 nitrogen and oxygen atoms in total. The average Bonchev–Trinajstić information content (AvgIpc) is 2.44. The zero-order valence-corrected chi connectivity index (χ0v) is 14.4. The van der Waals surface area contributed by atoms with E-state index in [9.17, 15) is 0 Å². The van der Waals surface area contributed by atoms with Gasteiger partial charge in [0.25, 0.3) is 0 Å². The Balaban J connectivity index is 1.97. The van der Waals surface area contributed by atoms with Crippen LogP contribution in [0.1, 0.15) is 45.4 Å². The van der Waals surface area contributed by atoms with Crippen LogP contribution in [0.2, 0.25) is 0 Å². The molecule has 1 aliphatic rings. The van der Waals surface area contributed by atoms with Crippen molar-refractivity contribution in [2.24, 2.45) is 9.98 Å². The summed E-state index contributed by atoms with van der Waals surface area (Å²) in [6.07, 6.45) is 1.88. The Bertz CT molecular complexity index is 818. The van der Waals surface area contributed by atoms with Gasteiger partial charge in [0.2, 0.25) is 11.9 Å². The lowest BCUT2D eigenvalue weighted by Gasteiger charge is -2.24. The Labute approximate surface area is 137 Å². The fourth-order valence-electron chi connectivity index (χ4n) is 2.96. The van der Waals surface area contributed by atoms with Crippen molar-refractivity contribution in [2.45, 2.75) is 53.0 Å². The molecule has 5 heteroatoms. The van der Waals surface area contributed by atoms with Crippen LogP contribution >= 0.6 is 0 Å². The third-order valence-corrected chi connectivity index (χ3v) is 3.98. The summed E-state index contributed by atoms with van der Waals surface area (Å²) in [6.45, 7) is 10.4. The molecule has 0 saturated carbocycles. The number of guanidine groups is 1. The second kappa shape index (κ2) is 5.72. The first kappa shape index (κ1) is 15.6. The summed E-state index contributed by atoms with van der Waals surface area (Å²) in [6, 6.07) is 6.33. The van der Waals surface area contributed by atoms with Crippen molar-refractivity contribution < 1.29 is 0 Å². The molecule has 0 saturated heterocycles. The minimum absolute atomic E-state index is 0.143. The Hall–Kier alpha value is -2.30. The van der Waals surface area contributed by atoms with E-state index in [0.717, 1.165) is 35.2 Å². The van der Waals surface area contributed by atoms with Gasteiger partial charge in [-0.05, 0) is 51.8 Å². The summed E-state index contributed by atoms with van der Waals surface area (Å²) in [5.74, 6) is 1.13. The first-order valence-corrected chi connectivity index (χ1v) is 8.04. The number of hydrogen-bond acceptors (Lipinski definition) is 5. The zero-order chi connectivity index (χ0) is 16.6. The van der Waals surface area contributed by atoms with Crippen LogP contribution in [0.4, 0.5) is 5.95 Å². The summed E-state index contributed by atoms with van der Waals surface area (Å²) in [4.78, 5) is 18.3. The maximum Gasteiger partial charge on any atom is 0.230 e. The van der Waals surface area contributed by atoms with Crippen LogP contribution in [0.5, 0.6) is 0 Å². The number of nitrogens with one attached hydrogen (secondary N) is 1. The number of aromatic nitrogens is 2. The van der Waals surface area contributed by atoms with Crippen LogP contribution < -0.4 is 5.32 Å². The number of benzene rings is 1. The number of aliphatic imine (C=N–C) groups is 2. The lowest BCUT2D eigenvalue weighted by atomic mass is 9.98. The normalized spacial score (nSPS) is 16.9. The van der Waals surface area contributed by atoms with E-state index < -0.39 is 0 Å². The molecular weight excluding hydrogens is 286 g/mol. The molecular formula is C18H23N5. The summed E-state index contributed by atoms with van der Waals surface area (Å²) in [5, 5.41) is 4.27. The number of anilines is 1. The quantitative estimate of drug-likeness (QED) is 0.914. The molecule has 0 aliphatic carbocycles. The molecule has 0 spiro atoms. The van der Waals surface area contributed by atoms with E-state index in [4.69, 9.17) is 0 Å². The number of hydrogen-bond donors (Lipinski definition) is 1. The van der Waals surface area contributed by atoms with Gasteiger partial charge in [0.05, 0.1) is 16.7 Å². The monoisotopic (exact) mass is 309 g/mol. The minimum Gasteiger partial charge on any atom is -0.293 e. The molecule has 0 bridgehead atoms. The minimum atomic E-state index is -0.143. The van der Waals surface area contributed by atoms with Gasteiger partial charge in [-0.3, -0.25) is 5.32 Å². The molecule has 0 atom stereocenters. The molecule has 0 fully saturated rings. The van der Waals surface area contributed by atoms with Gasteiger partial charge >= 0.3 is 0 Å². The van der Waals surface area contributed by atoms with Gasteiger partial charge in [-0.15, -0.1) is 0 Å². The summed E-state index contributed by atoms with van der Waals surface area (Å²) in [7, 11) is 0. The van der Waals surface area contributed by atoms with Gasteiger partial charge in [0.15, 0.2) is 0 Å². The third kappa shape index (κ3) is 3.38. The number of fused-ring (bicyclic) bond motifs is 1. The van der Waals surface area contributed by atoms with E-state index >= 15 is 0 Å². The van der Waals surface area contributed by atoms with Crippen LogP contribution in [0, 0.1) is 6.92 Å². The molecule has 2 aromatic rings. The van der Waals surface area contributed by atoms with E-state index in [1.165, 1.54) is 5.56 Å². The molecule has 1 N–H and O–H groups in total. The van der Waals surface area contributed by atoms with E-state index in [1.54, 1.807) is 0 Å². The Kier molecular flexibility index (Phi) is 3.88. The van der Waals surface area contributed by atoms with Crippen molar-refractivity contribution in [3.05, 3.63) is 29.5 Å². The highest BCUT2D eigenvalue weighted by Gasteiger charge is 2.23. The van der Waals surface area contributed by atoms with Crippen molar-refractivity contribution >= 4 is 28.5 Å². The third-order valence-electron chi connectivity index (χ3n) is 3.98. The van der Waals surface area contributed by atoms with Crippen LogP contribution in [-0.4, -0.2) is 27.2 Å². The molecule has 23 heavy (non-hydrogen) atoms. The highest BCUT2D eigenvalue weighted by molar-refractivity contribution is 6.04. The molecule has 1 aromatic heterocycles. The van der Waals surface area contributed by atoms with Gasteiger partial charge in [-0.1, -0.05) is 13.0 Å². The number of aryl methyl sites for hydroxylation is 2. The molecule has 3 rings (SSSR count). The van der Waals surface area contributed by atoms with Crippen LogP contribution in [0.15, 0.2) is 28.2 Å². The predicted octanol–water partition coefficient (Wildman–Crippen LogP) is 3.91. The number of rotatable bonds is 2. The van der Waals surface area contributed by atoms with Gasteiger partial charge in [0.1, 0.15) is 0 Å². The van der Waals surface area contributed by atoms with Crippen molar-refractivity contribution in [1.29, 1.82) is 0 Å². The topological polar surface area (TPSA) is 62.5 Å². The molecule has 0 amide bonds. The van der Waals surface area contributed by atoms with E-state index in [0.29, 0.717) is 11.9 Å². The second-order valence-electron chi connectivity index (χ2n) is 6.73. The maximum absolute atomic E-state index is 4.64. The smallest absolute Gasteiger partial charge is 0.230 e. The zero-order valence-electron chi connectivity index (χ0n) is 14.4. The maximum atomic E-state index is 4.64. The second-order valence-corrected chi connectivity index (χ2v) is 6.73. The van der Waals surface area contributed by atoms with Gasteiger partial charge in [-0.2, -0.15) is 0 Å². The first-order chi connectivity index (χ1) is 10.9. The molecule has 0 radical (unpaired) electrons. The van der Waals surface area contributed by atoms with Crippen molar-refractivity contribution in [3.8, 4) is 0 Å². The van der Waals surface area contributed by atoms with E-state index in [2.05, 4.69) is 64.2 Å².